The first-order valence-electron chi connectivity index (χ1n) is 7.20. The molecule has 2 rings (SSSR count). The summed E-state index contributed by atoms with van der Waals surface area (Å²) in [5, 5.41) is 10.4. The summed E-state index contributed by atoms with van der Waals surface area (Å²) >= 11 is 3.47. The lowest BCUT2D eigenvalue weighted by molar-refractivity contribution is 0.0520. The summed E-state index contributed by atoms with van der Waals surface area (Å²) in [5.74, 6) is 0.623. The van der Waals surface area contributed by atoms with Crippen molar-refractivity contribution < 1.29 is 19.0 Å². The highest BCUT2D eigenvalue weighted by atomic mass is 79.9. The van der Waals surface area contributed by atoms with Crippen molar-refractivity contribution in [2.75, 3.05) is 20.3 Å². The van der Waals surface area contributed by atoms with Crippen LogP contribution in [0.25, 0.3) is 11.3 Å². The number of H-pyrrole nitrogens is 1. The molecule has 23 heavy (non-hydrogen) atoms. The van der Waals surface area contributed by atoms with Crippen molar-refractivity contribution >= 4 is 21.9 Å². The first-order chi connectivity index (χ1) is 11.1. The van der Waals surface area contributed by atoms with Gasteiger partial charge in [-0.3, -0.25) is 0 Å². The molecule has 1 heterocycles. The van der Waals surface area contributed by atoms with Crippen molar-refractivity contribution in [1.82, 2.24) is 15.4 Å². The summed E-state index contributed by atoms with van der Waals surface area (Å²) in [6, 6.07) is 3.55. The number of carbonyl (C=O) groups excluding carboxylic acids is 1. The summed E-state index contributed by atoms with van der Waals surface area (Å²) in [7, 11) is 1.55. The van der Waals surface area contributed by atoms with Crippen LogP contribution in [-0.2, 0) is 4.74 Å². The number of benzene rings is 1. The van der Waals surface area contributed by atoms with E-state index in [-0.39, 0.29) is 12.3 Å². The molecule has 0 amide bonds. The lowest BCUT2D eigenvalue weighted by Gasteiger charge is -2.13. The minimum atomic E-state index is -0.530. The number of rotatable bonds is 7. The maximum absolute atomic E-state index is 11.9. The topological polar surface area (TPSA) is 86.3 Å². The molecule has 0 bridgehead atoms. The molecule has 0 spiro atoms. The van der Waals surface area contributed by atoms with E-state index in [1.54, 1.807) is 26.2 Å². The summed E-state index contributed by atoms with van der Waals surface area (Å²) in [5.41, 5.74) is 1.18. The Morgan fingerprint density at radius 2 is 2.09 bits per heavy atom. The van der Waals surface area contributed by atoms with Gasteiger partial charge in [0.25, 0.3) is 0 Å². The van der Waals surface area contributed by atoms with E-state index in [9.17, 15) is 4.79 Å². The lowest BCUT2D eigenvalue weighted by atomic mass is 10.1. The van der Waals surface area contributed by atoms with Gasteiger partial charge >= 0.3 is 5.97 Å². The lowest BCUT2D eigenvalue weighted by Crippen LogP contribution is -2.07. The standard InChI is InChI=1S/C15H18BrN3O4/c1-4-6-23-14-10(16)7-9(8-11(14)21-3)12-13(18-19-17-12)15(20)22-5-2/h7-8H,4-6H2,1-3H3,(H,17,18,19). The number of nitrogens with one attached hydrogen (secondary N) is 1. The molecular weight excluding hydrogens is 366 g/mol. The van der Waals surface area contributed by atoms with Crippen LogP contribution < -0.4 is 9.47 Å². The Kier molecular flexibility index (Phi) is 5.97. The van der Waals surface area contributed by atoms with Crippen LogP contribution in [0.1, 0.15) is 30.8 Å². The summed E-state index contributed by atoms with van der Waals surface area (Å²) < 4.78 is 16.8. The third kappa shape index (κ3) is 3.82. The molecule has 2 aromatic rings. The van der Waals surface area contributed by atoms with Crippen LogP contribution in [0.2, 0.25) is 0 Å². The van der Waals surface area contributed by atoms with Gasteiger partial charge in [0.1, 0.15) is 5.69 Å². The smallest absolute Gasteiger partial charge is 0.361 e. The number of esters is 1. The quantitative estimate of drug-likeness (QED) is 0.738. The van der Waals surface area contributed by atoms with Crippen LogP contribution in [-0.4, -0.2) is 41.7 Å². The number of halogens is 1. The molecule has 1 N–H and O–H groups in total. The Hall–Kier alpha value is -2.09. The number of nitrogens with zero attached hydrogens (tertiary/aromatic N) is 2. The van der Waals surface area contributed by atoms with Crippen LogP contribution in [0.5, 0.6) is 11.5 Å². The molecule has 0 aliphatic carbocycles. The first-order valence-corrected chi connectivity index (χ1v) is 8.00. The molecule has 0 fully saturated rings. The van der Waals surface area contributed by atoms with Gasteiger partial charge in [-0.05, 0) is 41.4 Å². The fourth-order valence-corrected chi connectivity index (χ4v) is 2.53. The second-order valence-corrected chi connectivity index (χ2v) is 5.43. The molecular formula is C15H18BrN3O4. The Bertz CT molecular complexity index is 687. The number of ether oxygens (including phenoxy) is 3. The Morgan fingerprint density at radius 1 is 1.30 bits per heavy atom. The fourth-order valence-electron chi connectivity index (χ4n) is 1.97. The van der Waals surface area contributed by atoms with Gasteiger partial charge in [0, 0.05) is 5.56 Å². The molecule has 0 unspecified atom stereocenters. The van der Waals surface area contributed by atoms with Gasteiger partial charge < -0.3 is 14.2 Å². The average Bonchev–Trinajstić information content (AvgIpc) is 3.03. The van der Waals surface area contributed by atoms with E-state index in [1.165, 1.54) is 0 Å². The van der Waals surface area contributed by atoms with Gasteiger partial charge in [-0.2, -0.15) is 10.3 Å². The van der Waals surface area contributed by atoms with Crippen molar-refractivity contribution in [2.24, 2.45) is 0 Å². The number of aromatic amines is 1. The van der Waals surface area contributed by atoms with E-state index in [1.807, 2.05) is 6.92 Å². The van der Waals surface area contributed by atoms with Crippen molar-refractivity contribution in [3.8, 4) is 22.8 Å². The zero-order chi connectivity index (χ0) is 16.8. The fraction of sp³-hybridized carbons (Fsp3) is 0.400. The zero-order valence-electron chi connectivity index (χ0n) is 13.2. The van der Waals surface area contributed by atoms with Gasteiger partial charge in [0.2, 0.25) is 0 Å². The predicted molar refractivity (Wildman–Crippen MR) is 87.8 cm³/mol. The summed E-state index contributed by atoms with van der Waals surface area (Å²) in [6.07, 6.45) is 0.883. The average molecular weight is 384 g/mol. The number of hydrogen-bond donors (Lipinski definition) is 1. The normalized spacial score (nSPS) is 10.4. The van der Waals surface area contributed by atoms with Gasteiger partial charge in [0.05, 0.1) is 24.8 Å². The molecule has 0 radical (unpaired) electrons. The van der Waals surface area contributed by atoms with E-state index in [4.69, 9.17) is 14.2 Å². The van der Waals surface area contributed by atoms with Crippen LogP contribution in [0, 0.1) is 0 Å². The predicted octanol–water partition coefficient (Wildman–Crippen LogP) is 3.21. The summed E-state index contributed by atoms with van der Waals surface area (Å²) in [6.45, 7) is 4.60. The Labute approximate surface area is 142 Å². The van der Waals surface area contributed by atoms with E-state index >= 15 is 0 Å². The van der Waals surface area contributed by atoms with Gasteiger partial charge in [0.15, 0.2) is 17.2 Å². The molecule has 0 aliphatic heterocycles. The largest absolute Gasteiger partial charge is 0.493 e. The number of aromatic nitrogens is 3. The Morgan fingerprint density at radius 3 is 2.74 bits per heavy atom. The van der Waals surface area contributed by atoms with Crippen molar-refractivity contribution in [1.29, 1.82) is 0 Å². The van der Waals surface area contributed by atoms with E-state index in [0.29, 0.717) is 33.8 Å². The molecule has 0 aliphatic rings. The minimum absolute atomic E-state index is 0.128. The number of carbonyl (C=O) groups is 1. The number of hydrogen-bond acceptors (Lipinski definition) is 6. The van der Waals surface area contributed by atoms with Crippen molar-refractivity contribution in [3.05, 3.63) is 22.3 Å². The van der Waals surface area contributed by atoms with Crippen LogP contribution >= 0.6 is 15.9 Å². The second kappa shape index (κ2) is 7.96. The monoisotopic (exact) mass is 383 g/mol. The molecule has 0 atom stereocenters. The molecule has 8 heteroatoms. The van der Waals surface area contributed by atoms with Crippen LogP contribution in [0.15, 0.2) is 16.6 Å². The second-order valence-electron chi connectivity index (χ2n) is 4.58. The Balaban J connectivity index is 2.43. The molecule has 1 aromatic carbocycles. The molecule has 124 valence electrons. The third-order valence-corrected chi connectivity index (χ3v) is 3.56. The van der Waals surface area contributed by atoms with E-state index in [2.05, 4.69) is 31.3 Å². The van der Waals surface area contributed by atoms with Gasteiger partial charge in [-0.1, -0.05) is 6.92 Å². The van der Waals surface area contributed by atoms with Crippen LogP contribution in [0.3, 0.4) is 0 Å². The number of methoxy groups -OCH3 is 1. The minimum Gasteiger partial charge on any atom is -0.493 e. The highest BCUT2D eigenvalue weighted by molar-refractivity contribution is 9.10. The van der Waals surface area contributed by atoms with E-state index in [0.717, 1.165) is 6.42 Å². The molecule has 1 aromatic heterocycles. The summed E-state index contributed by atoms with van der Waals surface area (Å²) in [4.78, 5) is 11.9. The van der Waals surface area contributed by atoms with Crippen molar-refractivity contribution in [2.45, 2.75) is 20.3 Å². The SMILES string of the molecule is CCCOc1c(Br)cc(-c2n[nH]nc2C(=O)OCC)cc1OC. The van der Waals surface area contributed by atoms with Gasteiger partial charge in [-0.25, -0.2) is 4.79 Å². The third-order valence-electron chi connectivity index (χ3n) is 2.97. The first kappa shape index (κ1) is 17.3. The molecule has 0 saturated carbocycles. The van der Waals surface area contributed by atoms with Crippen molar-refractivity contribution in [3.63, 3.8) is 0 Å². The maximum atomic E-state index is 11.9. The maximum Gasteiger partial charge on any atom is 0.361 e. The zero-order valence-corrected chi connectivity index (χ0v) is 14.8. The highest BCUT2D eigenvalue weighted by Gasteiger charge is 2.21. The van der Waals surface area contributed by atoms with Gasteiger partial charge in [-0.15, -0.1) is 5.10 Å². The highest BCUT2D eigenvalue weighted by Crippen LogP contribution is 2.39. The molecule has 0 saturated heterocycles. The van der Waals surface area contributed by atoms with Crippen LogP contribution in [0.4, 0.5) is 0 Å². The molecule has 7 nitrogen and oxygen atoms in total. The van der Waals surface area contributed by atoms with E-state index < -0.39 is 5.97 Å².